The van der Waals surface area contributed by atoms with Gasteiger partial charge in [-0.05, 0) is 24.5 Å². The number of fused-ring (bicyclic) bond motifs is 1. The van der Waals surface area contributed by atoms with E-state index in [1.165, 1.54) is 43.4 Å². The van der Waals surface area contributed by atoms with Gasteiger partial charge >= 0.3 is 0 Å². The molecule has 4 nitrogen and oxygen atoms in total. The fourth-order valence-corrected chi connectivity index (χ4v) is 3.36. The maximum Gasteiger partial charge on any atom is 0.249 e. The lowest BCUT2D eigenvalue weighted by molar-refractivity contribution is 0.348. The zero-order valence-corrected chi connectivity index (χ0v) is 11.5. The molecule has 1 aliphatic heterocycles. The van der Waals surface area contributed by atoms with Crippen molar-refractivity contribution in [2.45, 2.75) is 50.5 Å². The molecule has 2 aliphatic rings. The van der Waals surface area contributed by atoms with Crippen molar-refractivity contribution in [1.29, 1.82) is 0 Å². The Bertz CT molecular complexity index is 576. The van der Waals surface area contributed by atoms with Gasteiger partial charge in [0.1, 0.15) is 6.04 Å². The Balaban J connectivity index is 1.52. The van der Waals surface area contributed by atoms with Crippen molar-refractivity contribution in [3.63, 3.8) is 0 Å². The minimum absolute atomic E-state index is 0.136. The zero-order chi connectivity index (χ0) is 13.4. The molecule has 2 heterocycles. The fourth-order valence-electron chi connectivity index (χ4n) is 3.36. The summed E-state index contributed by atoms with van der Waals surface area (Å²) in [5.74, 6) is 2.16. The van der Waals surface area contributed by atoms with Gasteiger partial charge in [0.15, 0.2) is 5.82 Å². The molecular weight excluding hydrogens is 250 g/mol. The summed E-state index contributed by atoms with van der Waals surface area (Å²) in [4.78, 5) is 4.66. The number of hydrogen-bond acceptors (Lipinski definition) is 4. The molecule has 0 amide bonds. The lowest BCUT2D eigenvalue weighted by Gasteiger charge is -2.17. The minimum Gasteiger partial charge on any atom is -0.373 e. The summed E-state index contributed by atoms with van der Waals surface area (Å²) in [5.41, 5.74) is 2.52. The molecule has 0 radical (unpaired) electrons. The highest BCUT2D eigenvalue weighted by Gasteiger charge is 2.28. The van der Waals surface area contributed by atoms with Gasteiger partial charge in [0.05, 0.1) is 0 Å². The molecule has 1 saturated carbocycles. The summed E-state index contributed by atoms with van der Waals surface area (Å²) in [5, 5.41) is 7.69. The Morgan fingerprint density at radius 2 is 1.95 bits per heavy atom. The van der Waals surface area contributed by atoms with E-state index in [1.54, 1.807) is 0 Å². The van der Waals surface area contributed by atoms with Crippen LogP contribution in [0.3, 0.4) is 0 Å². The van der Waals surface area contributed by atoms with E-state index < -0.39 is 0 Å². The van der Waals surface area contributed by atoms with E-state index in [0.29, 0.717) is 5.92 Å². The predicted octanol–water partition coefficient (Wildman–Crippen LogP) is 3.83. The smallest absolute Gasteiger partial charge is 0.249 e. The zero-order valence-electron chi connectivity index (χ0n) is 11.5. The molecule has 0 saturated heterocycles. The van der Waals surface area contributed by atoms with E-state index in [0.717, 1.165) is 18.1 Å². The molecule has 1 aliphatic carbocycles. The van der Waals surface area contributed by atoms with Crippen molar-refractivity contribution in [3.05, 3.63) is 41.5 Å². The van der Waals surface area contributed by atoms with Crippen LogP contribution in [-0.2, 0) is 6.42 Å². The van der Waals surface area contributed by atoms with Gasteiger partial charge in [-0.1, -0.05) is 42.6 Å². The number of benzene rings is 1. The summed E-state index contributed by atoms with van der Waals surface area (Å²) in [6.45, 7) is 0. The monoisotopic (exact) mass is 269 g/mol. The Hall–Kier alpha value is -1.84. The van der Waals surface area contributed by atoms with Crippen molar-refractivity contribution in [2.75, 3.05) is 5.32 Å². The van der Waals surface area contributed by atoms with Gasteiger partial charge in [-0.25, -0.2) is 0 Å². The van der Waals surface area contributed by atoms with Gasteiger partial charge < -0.3 is 9.84 Å². The third kappa shape index (κ3) is 2.09. The van der Waals surface area contributed by atoms with Crippen molar-refractivity contribution in [2.24, 2.45) is 0 Å². The van der Waals surface area contributed by atoms with E-state index in [2.05, 4.69) is 39.7 Å². The van der Waals surface area contributed by atoms with E-state index in [4.69, 9.17) is 4.52 Å². The summed E-state index contributed by atoms with van der Waals surface area (Å²) >= 11 is 0. The number of para-hydroxylation sites is 1. The number of aromatic nitrogens is 2. The largest absolute Gasteiger partial charge is 0.373 e. The highest BCUT2D eigenvalue weighted by atomic mass is 16.5. The molecule has 1 N–H and O–H groups in total. The first-order valence-electron chi connectivity index (χ1n) is 7.58. The Kier molecular flexibility index (Phi) is 2.94. The molecule has 0 spiro atoms. The van der Waals surface area contributed by atoms with Crippen LogP contribution in [0.1, 0.15) is 61.3 Å². The lowest BCUT2D eigenvalue weighted by Crippen LogP contribution is -2.08. The number of anilines is 1. The van der Waals surface area contributed by atoms with Crippen molar-refractivity contribution in [3.8, 4) is 0 Å². The van der Waals surface area contributed by atoms with E-state index in [1.807, 2.05) is 0 Å². The van der Waals surface area contributed by atoms with Gasteiger partial charge in [-0.15, -0.1) is 0 Å². The first kappa shape index (κ1) is 11.9. The molecule has 1 fully saturated rings. The highest BCUT2D eigenvalue weighted by molar-refractivity contribution is 5.56. The summed E-state index contributed by atoms with van der Waals surface area (Å²) < 4.78 is 5.51. The van der Waals surface area contributed by atoms with Crippen molar-refractivity contribution < 1.29 is 4.52 Å². The van der Waals surface area contributed by atoms with Crippen LogP contribution >= 0.6 is 0 Å². The van der Waals surface area contributed by atoms with Crippen LogP contribution in [0.5, 0.6) is 0 Å². The second kappa shape index (κ2) is 4.93. The van der Waals surface area contributed by atoms with Gasteiger partial charge in [0.25, 0.3) is 0 Å². The van der Waals surface area contributed by atoms with Crippen LogP contribution in [-0.4, -0.2) is 10.1 Å². The summed E-state index contributed by atoms with van der Waals surface area (Å²) in [6, 6.07) is 8.52. The lowest BCUT2D eigenvalue weighted by atomic mass is 9.89. The number of nitrogens with zero attached hydrogens (tertiary/aromatic N) is 2. The Morgan fingerprint density at radius 1 is 1.10 bits per heavy atom. The van der Waals surface area contributed by atoms with Gasteiger partial charge in [-0.3, -0.25) is 0 Å². The fraction of sp³-hybridized carbons (Fsp3) is 0.500. The molecule has 20 heavy (non-hydrogen) atoms. The molecule has 0 bridgehead atoms. The average molecular weight is 269 g/mol. The van der Waals surface area contributed by atoms with Crippen LogP contribution in [0.25, 0.3) is 0 Å². The third-order valence-electron chi connectivity index (χ3n) is 4.50. The SMILES string of the molecule is c1ccc2c(c1)C[C@@H](c1nc(C3CCCCC3)no1)N2. The summed E-state index contributed by atoms with van der Waals surface area (Å²) in [6.07, 6.45) is 7.28. The minimum atomic E-state index is 0.136. The van der Waals surface area contributed by atoms with E-state index >= 15 is 0 Å². The van der Waals surface area contributed by atoms with E-state index in [9.17, 15) is 0 Å². The second-order valence-electron chi connectivity index (χ2n) is 5.88. The molecule has 4 rings (SSSR count). The van der Waals surface area contributed by atoms with Crippen LogP contribution in [0.4, 0.5) is 5.69 Å². The van der Waals surface area contributed by atoms with Crippen LogP contribution in [0.15, 0.2) is 28.8 Å². The first-order valence-corrected chi connectivity index (χ1v) is 7.58. The van der Waals surface area contributed by atoms with Crippen LogP contribution in [0, 0.1) is 0 Å². The van der Waals surface area contributed by atoms with Crippen LogP contribution in [0.2, 0.25) is 0 Å². The molecule has 104 valence electrons. The Labute approximate surface area is 118 Å². The number of hydrogen-bond donors (Lipinski definition) is 1. The predicted molar refractivity (Wildman–Crippen MR) is 76.6 cm³/mol. The standard InChI is InChI=1S/C16H19N3O/c1-2-6-11(7-3-1)15-18-16(20-19-15)14-10-12-8-4-5-9-13(12)17-14/h4-5,8-9,11,14,17H,1-3,6-7,10H2/t14-/m0/s1. The van der Waals surface area contributed by atoms with Crippen molar-refractivity contribution >= 4 is 5.69 Å². The molecule has 1 aromatic heterocycles. The first-order chi connectivity index (χ1) is 9.90. The maximum atomic E-state index is 5.51. The molecule has 2 aromatic rings. The average Bonchev–Trinajstić information content (AvgIpc) is 3.14. The Morgan fingerprint density at radius 3 is 2.80 bits per heavy atom. The second-order valence-corrected chi connectivity index (χ2v) is 5.88. The molecule has 1 aromatic carbocycles. The molecule has 1 atom stereocenters. The molecule has 4 heteroatoms. The maximum absolute atomic E-state index is 5.51. The van der Waals surface area contributed by atoms with E-state index in [-0.39, 0.29) is 6.04 Å². The topological polar surface area (TPSA) is 51.0 Å². The normalized spacial score (nSPS) is 22.5. The highest BCUT2D eigenvalue weighted by Crippen LogP contribution is 2.35. The number of nitrogens with one attached hydrogen (secondary N) is 1. The van der Waals surface area contributed by atoms with Crippen LogP contribution < -0.4 is 5.32 Å². The van der Waals surface area contributed by atoms with Gasteiger partial charge in [0.2, 0.25) is 5.89 Å². The molecular formula is C16H19N3O. The quantitative estimate of drug-likeness (QED) is 0.900. The summed E-state index contributed by atoms with van der Waals surface area (Å²) in [7, 11) is 0. The molecule has 0 unspecified atom stereocenters. The number of rotatable bonds is 2. The van der Waals surface area contributed by atoms with Gasteiger partial charge in [0, 0.05) is 18.0 Å². The van der Waals surface area contributed by atoms with Gasteiger partial charge in [-0.2, -0.15) is 4.98 Å². The third-order valence-corrected chi connectivity index (χ3v) is 4.50. The van der Waals surface area contributed by atoms with Crippen molar-refractivity contribution in [1.82, 2.24) is 10.1 Å².